The number of amides is 1. The Labute approximate surface area is 125 Å². The van der Waals surface area contributed by atoms with Crippen molar-refractivity contribution in [3.63, 3.8) is 0 Å². The monoisotopic (exact) mass is 293 g/mol. The van der Waals surface area contributed by atoms with Crippen LogP contribution in [0.2, 0.25) is 0 Å². The van der Waals surface area contributed by atoms with Gasteiger partial charge in [-0.2, -0.15) is 0 Å². The lowest BCUT2D eigenvalue weighted by atomic mass is 10.1. The van der Waals surface area contributed by atoms with Crippen LogP contribution >= 0.6 is 0 Å². The van der Waals surface area contributed by atoms with Crippen LogP contribution in [0.4, 0.5) is 11.4 Å². The highest BCUT2D eigenvalue weighted by Gasteiger charge is 2.17. The summed E-state index contributed by atoms with van der Waals surface area (Å²) in [6, 6.07) is 4.52. The van der Waals surface area contributed by atoms with Gasteiger partial charge in [-0.15, -0.1) is 0 Å². The molecule has 0 aliphatic carbocycles. The molecule has 1 amide bonds. The van der Waals surface area contributed by atoms with Crippen LogP contribution in [0.25, 0.3) is 0 Å². The van der Waals surface area contributed by atoms with Crippen molar-refractivity contribution >= 4 is 17.3 Å². The van der Waals surface area contributed by atoms with Gasteiger partial charge in [0.25, 0.3) is 11.6 Å². The van der Waals surface area contributed by atoms with E-state index in [1.807, 2.05) is 13.8 Å². The molecule has 0 fully saturated rings. The van der Waals surface area contributed by atoms with E-state index in [4.69, 9.17) is 0 Å². The van der Waals surface area contributed by atoms with Crippen LogP contribution in [-0.2, 0) is 0 Å². The lowest BCUT2D eigenvalue weighted by Gasteiger charge is -2.11. The zero-order valence-corrected chi connectivity index (χ0v) is 12.8. The predicted octanol–water partition coefficient (Wildman–Crippen LogP) is 3.19. The van der Waals surface area contributed by atoms with E-state index in [0.717, 1.165) is 12.8 Å². The van der Waals surface area contributed by atoms with Gasteiger partial charge in [0.15, 0.2) is 0 Å². The number of nitrogens with one attached hydrogen (secondary N) is 2. The van der Waals surface area contributed by atoms with Crippen LogP contribution in [0.15, 0.2) is 18.2 Å². The molecule has 0 saturated heterocycles. The van der Waals surface area contributed by atoms with Gasteiger partial charge in [-0.1, -0.05) is 27.2 Å². The highest BCUT2D eigenvalue weighted by molar-refractivity contribution is 5.95. The van der Waals surface area contributed by atoms with Crippen LogP contribution < -0.4 is 10.6 Å². The van der Waals surface area contributed by atoms with Crippen molar-refractivity contribution in [1.82, 2.24) is 5.32 Å². The number of nitro groups is 1. The minimum atomic E-state index is -0.469. The Morgan fingerprint density at radius 1 is 1.38 bits per heavy atom. The molecule has 6 heteroatoms. The third-order valence-corrected chi connectivity index (χ3v) is 3.33. The van der Waals surface area contributed by atoms with Gasteiger partial charge in [0.2, 0.25) is 0 Å². The van der Waals surface area contributed by atoms with E-state index in [0.29, 0.717) is 30.3 Å². The number of carbonyl (C=O) groups is 1. The molecular weight excluding hydrogens is 270 g/mol. The lowest BCUT2D eigenvalue weighted by molar-refractivity contribution is -0.384. The van der Waals surface area contributed by atoms with Crippen molar-refractivity contribution in [1.29, 1.82) is 0 Å². The number of nitro benzene ring substituents is 1. The first-order chi connectivity index (χ1) is 9.99. The quantitative estimate of drug-likeness (QED) is 0.569. The number of benzene rings is 1. The summed E-state index contributed by atoms with van der Waals surface area (Å²) in [6.45, 7) is 7.30. The number of hydrogen-bond acceptors (Lipinski definition) is 4. The Bertz CT molecular complexity index is 503. The first kappa shape index (κ1) is 16.9. The van der Waals surface area contributed by atoms with Gasteiger partial charge in [0, 0.05) is 24.7 Å². The maximum atomic E-state index is 12.0. The second kappa shape index (κ2) is 8.24. The second-order valence-electron chi connectivity index (χ2n) is 5.14. The largest absolute Gasteiger partial charge is 0.380 e. The summed E-state index contributed by atoms with van der Waals surface area (Å²) in [5.74, 6) is 0.106. The zero-order valence-electron chi connectivity index (χ0n) is 12.8. The minimum Gasteiger partial charge on any atom is -0.380 e. The van der Waals surface area contributed by atoms with Crippen molar-refractivity contribution < 1.29 is 9.72 Å². The van der Waals surface area contributed by atoms with E-state index in [1.165, 1.54) is 6.07 Å². The van der Waals surface area contributed by atoms with Crippen LogP contribution in [0.3, 0.4) is 0 Å². The molecule has 0 aromatic heterocycles. The maximum absolute atomic E-state index is 12.0. The van der Waals surface area contributed by atoms with E-state index >= 15 is 0 Å². The van der Waals surface area contributed by atoms with Gasteiger partial charge in [-0.3, -0.25) is 14.9 Å². The predicted molar refractivity (Wildman–Crippen MR) is 83.7 cm³/mol. The summed E-state index contributed by atoms with van der Waals surface area (Å²) in [6.07, 6.45) is 1.84. The minimum absolute atomic E-state index is 0.0698. The van der Waals surface area contributed by atoms with E-state index < -0.39 is 4.92 Å². The van der Waals surface area contributed by atoms with E-state index in [-0.39, 0.29) is 11.6 Å². The summed E-state index contributed by atoms with van der Waals surface area (Å²) in [7, 11) is 0. The smallest absolute Gasteiger partial charge is 0.293 e. The molecule has 116 valence electrons. The first-order valence-electron chi connectivity index (χ1n) is 7.30. The molecule has 0 radical (unpaired) electrons. The van der Waals surface area contributed by atoms with Gasteiger partial charge in [0.05, 0.1) is 4.92 Å². The molecular formula is C15H23N3O3. The Balaban J connectivity index is 2.86. The summed E-state index contributed by atoms with van der Waals surface area (Å²) >= 11 is 0. The van der Waals surface area contributed by atoms with Crippen molar-refractivity contribution in [3.8, 4) is 0 Å². The number of rotatable bonds is 8. The SMILES string of the molecule is CCCNc1ccc(C(=O)NCC(C)CC)cc1[N+](=O)[O-]. The lowest BCUT2D eigenvalue weighted by Crippen LogP contribution is -2.28. The first-order valence-corrected chi connectivity index (χ1v) is 7.30. The van der Waals surface area contributed by atoms with Gasteiger partial charge in [-0.25, -0.2) is 0 Å². The van der Waals surface area contributed by atoms with Crippen molar-refractivity contribution in [3.05, 3.63) is 33.9 Å². The van der Waals surface area contributed by atoms with E-state index in [2.05, 4.69) is 17.6 Å². The van der Waals surface area contributed by atoms with Gasteiger partial charge in [0.1, 0.15) is 5.69 Å². The van der Waals surface area contributed by atoms with Crippen molar-refractivity contribution in [2.75, 3.05) is 18.4 Å². The van der Waals surface area contributed by atoms with Crippen LogP contribution in [-0.4, -0.2) is 23.9 Å². The van der Waals surface area contributed by atoms with Gasteiger partial charge >= 0.3 is 0 Å². The van der Waals surface area contributed by atoms with Crippen molar-refractivity contribution in [2.45, 2.75) is 33.6 Å². The van der Waals surface area contributed by atoms with Crippen molar-refractivity contribution in [2.24, 2.45) is 5.92 Å². The number of hydrogen-bond donors (Lipinski definition) is 2. The average molecular weight is 293 g/mol. The molecule has 21 heavy (non-hydrogen) atoms. The highest BCUT2D eigenvalue weighted by atomic mass is 16.6. The standard InChI is InChI=1S/C15H23N3O3/c1-4-8-16-13-7-6-12(9-14(13)18(20)21)15(19)17-10-11(3)5-2/h6-7,9,11,16H,4-5,8,10H2,1-3H3,(H,17,19). The molecule has 0 heterocycles. The van der Waals surface area contributed by atoms with Gasteiger partial charge in [-0.05, 0) is 24.5 Å². The summed E-state index contributed by atoms with van der Waals surface area (Å²) < 4.78 is 0. The third kappa shape index (κ3) is 5.06. The molecule has 2 N–H and O–H groups in total. The van der Waals surface area contributed by atoms with Crippen LogP contribution in [0.1, 0.15) is 44.0 Å². The fourth-order valence-corrected chi connectivity index (χ4v) is 1.75. The molecule has 0 saturated carbocycles. The fourth-order valence-electron chi connectivity index (χ4n) is 1.75. The topological polar surface area (TPSA) is 84.3 Å². The normalized spacial score (nSPS) is 11.8. The summed E-state index contributed by atoms with van der Waals surface area (Å²) in [5.41, 5.74) is 0.687. The molecule has 0 bridgehead atoms. The average Bonchev–Trinajstić information content (AvgIpc) is 2.49. The molecule has 1 rings (SSSR count). The van der Waals surface area contributed by atoms with E-state index in [1.54, 1.807) is 12.1 Å². The molecule has 1 aromatic carbocycles. The molecule has 1 atom stereocenters. The second-order valence-corrected chi connectivity index (χ2v) is 5.14. The number of carbonyl (C=O) groups excluding carboxylic acids is 1. The fraction of sp³-hybridized carbons (Fsp3) is 0.533. The molecule has 1 aromatic rings. The summed E-state index contributed by atoms with van der Waals surface area (Å²) in [5, 5.41) is 16.9. The number of nitrogens with zero attached hydrogens (tertiary/aromatic N) is 1. The molecule has 6 nitrogen and oxygen atoms in total. The maximum Gasteiger partial charge on any atom is 0.293 e. The van der Waals surface area contributed by atoms with Gasteiger partial charge < -0.3 is 10.6 Å². The molecule has 0 spiro atoms. The Morgan fingerprint density at radius 2 is 2.10 bits per heavy atom. The van der Waals surface area contributed by atoms with Crippen LogP contribution in [0.5, 0.6) is 0 Å². The number of anilines is 1. The zero-order chi connectivity index (χ0) is 15.8. The van der Waals surface area contributed by atoms with Crippen LogP contribution in [0, 0.1) is 16.0 Å². The molecule has 0 aliphatic rings. The highest BCUT2D eigenvalue weighted by Crippen LogP contribution is 2.25. The Hall–Kier alpha value is -2.11. The molecule has 1 unspecified atom stereocenters. The Morgan fingerprint density at radius 3 is 2.67 bits per heavy atom. The van der Waals surface area contributed by atoms with E-state index in [9.17, 15) is 14.9 Å². The molecule has 0 aliphatic heterocycles. The Kier molecular flexibility index (Phi) is 6.65. The summed E-state index contributed by atoms with van der Waals surface area (Å²) in [4.78, 5) is 22.6. The third-order valence-electron chi connectivity index (χ3n) is 3.33.